The van der Waals surface area contributed by atoms with Crippen LogP contribution in [0.4, 0.5) is 24.5 Å². The van der Waals surface area contributed by atoms with Crippen LogP contribution in [-0.4, -0.2) is 43.8 Å². The van der Waals surface area contributed by atoms with Crippen LogP contribution < -0.4 is 16.8 Å². The van der Waals surface area contributed by atoms with Crippen LogP contribution in [0.1, 0.15) is 16.1 Å². The molecule has 0 spiro atoms. The van der Waals surface area contributed by atoms with E-state index in [9.17, 15) is 18.0 Å². The number of aromatic amines is 1. The van der Waals surface area contributed by atoms with Gasteiger partial charge in [0.25, 0.3) is 5.91 Å². The van der Waals surface area contributed by atoms with Crippen molar-refractivity contribution >= 4 is 28.2 Å². The number of rotatable bonds is 5. The summed E-state index contributed by atoms with van der Waals surface area (Å²) in [5.74, 6) is -0.932. The van der Waals surface area contributed by atoms with Crippen molar-refractivity contribution in [2.45, 2.75) is 13.1 Å². The van der Waals surface area contributed by atoms with E-state index in [1.165, 1.54) is 18.5 Å². The number of fused-ring (bicyclic) bond motifs is 1. The molecule has 32 heavy (non-hydrogen) atoms. The molecule has 0 saturated carbocycles. The Hall–Kier alpha value is -4.22. The smallest absolute Gasteiger partial charge is 0.395 e. The number of H-pyrrole nitrogens is 1. The van der Waals surface area contributed by atoms with Gasteiger partial charge in [0.2, 0.25) is 0 Å². The summed E-state index contributed by atoms with van der Waals surface area (Å²) in [5, 5.41) is 9.86. The number of halogens is 3. The lowest BCUT2D eigenvalue weighted by molar-refractivity contribution is -0.115. The maximum atomic E-state index is 12.7. The largest absolute Gasteiger partial charge is 0.405 e. The van der Waals surface area contributed by atoms with Crippen molar-refractivity contribution in [3.63, 3.8) is 0 Å². The van der Waals surface area contributed by atoms with E-state index in [1.807, 2.05) is 19.1 Å². The summed E-state index contributed by atoms with van der Waals surface area (Å²) in [4.78, 5) is 24.6. The van der Waals surface area contributed by atoms with Gasteiger partial charge in [-0.05, 0) is 24.6 Å². The fourth-order valence-electron chi connectivity index (χ4n) is 3.33. The number of aryl methyl sites for hydroxylation is 1. The van der Waals surface area contributed by atoms with Crippen LogP contribution in [-0.2, 0) is 0 Å². The minimum atomic E-state index is -4.45. The highest BCUT2D eigenvalue weighted by molar-refractivity contribution is 6.04. The van der Waals surface area contributed by atoms with Crippen molar-refractivity contribution in [1.82, 2.24) is 25.1 Å². The molecule has 0 aliphatic rings. The number of carbonyl (C=O) groups excluding carboxylic acids is 1. The summed E-state index contributed by atoms with van der Waals surface area (Å²) in [6.45, 7) is 0.541. The Kier molecular flexibility index (Phi) is 5.12. The van der Waals surface area contributed by atoms with Crippen LogP contribution in [0.3, 0.4) is 0 Å². The number of carbonyl (C=O) groups is 1. The van der Waals surface area contributed by atoms with Crippen molar-refractivity contribution in [1.29, 1.82) is 0 Å². The van der Waals surface area contributed by atoms with Crippen LogP contribution in [0.15, 0.2) is 36.8 Å². The molecule has 6 N–H and O–H groups in total. The summed E-state index contributed by atoms with van der Waals surface area (Å²) < 4.78 is 38.2. The van der Waals surface area contributed by atoms with Crippen LogP contribution in [0.5, 0.6) is 0 Å². The van der Waals surface area contributed by atoms with E-state index in [2.05, 4.69) is 30.5 Å². The standard InChI is InChI=1S/C20H17F3N8O/c1-9-2-3-12-11(6-28-31-12)14(9)16-15(24)17(18(25)32)30-19(29-16)10-4-5-26-7-13(10)27-8-20(21,22)23/h2-7,27H,8,24H2,1H3,(H2,25,32)(H,28,31). The Labute approximate surface area is 179 Å². The van der Waals surface area contributed by atoms with Crippen molar-refractivity contribution in [2.75, 3.05) is 17.6 Å². The molecule has 3 heterocycles. The number of hydrogen-bond acceptors (Lipinski definition) is 7. The molecule has 0 bridgehead atoms. The summed E-state index contributed by atoms with van der Waals surface area (Å²) in [5.41, 5.74) is 14.0. The van der Waals surface area contributed by atoms with Gasteiger partial charge in [-0.3, -0.25) is 14.9 Å². The van der Waals surface area contributed by atoms with E-state index in [-0.39, 0.29) is 34.2 Å². The first-order chi connectivity index (χ1) is 15.2. The second-order valence-corrected chi connectivity index (χ2v) is 7.00. The predicted molar refractivity (Wildman–Crippen MR) is 113 cm³/mol. The number of benzene rings is 1. The summed E-state index contributed by atoms with van der Waals surface area (Å²) in [6.07, 6.45) is -0.274. The van der Waals surface area contributed by atoms with Gasteiger partial charge in [-0.15, -0.1) is 0 Å². The summed E-state index contributed by atoms with van der Waals surface area (Å²) in [7, 11) is 0. The van der Waals surface area contributed by atoms with Gasteiger partial charge < -0.3 is 16.8 Å². The molecule has 0 saturated heterocycles. The lowest BCUT2D eigenvalue weighted by atomic mass is 9.99. The molecule has 12 heteroatoms. The normalized spacial score (nSPS) is 11.6. The third-order valence-corrected chi connectivity index (χ3v) is 4.79. The van der Waals surface area contributed by atoms with Crippen LogP contribution in [0.25, 0.3) is 33.5 Å². The molecule has 0 atom stereocenters. The average molecular weight is 442 g/mol. The molecule has 0 aliphatic heterocycles. The zero-order chi connectivity index (χ0) is 23.0. The molecule has 1 aromatic carbocycles. The van der Waals surface area contributed by atoms with Crippen molar-refractivity contribution in [3.8, 4) is 22.6 Å². The fourth-order valence-corrected chi connectivity index (χ4v) is 3.33. The molecule has 164 valence electrons. The number of primary amides is 1. The van der Waals surface area contributed by atoms with Crippen LogP contribution >= 0.6 is 0 Å². The second-order valence-electron chi connectivity index (χ2n) is 7.00. The third kappa shape index (κ3) is 3.89. The van der Waals surface area contributed by atoms with Gasteiger partial charge >= 0.3 is 6.18 Å². The fraction of sp³-hybridized carbons (Fsp3) is 0.150. The second kappa shape index (κ2) is 7.80. The number of anilines is 2. The molecule has 0 radical (unpaired) electrons. The molecular weight excluding hydrogens is 425 g/mol. The number of nitrogens with zero attached hydrogens (tertiary/aromatic N) is 4. The molecule has 9 nitrogen and oxygen atoms in total. The Morgan fingerprint density at radius 3 is 2.69 bits per heavy atom. The first-order valence-electron chi connectivity index (χ1n) is 9.31. The van der Waals surface area contributed by atoms with Gasteiger partial charge in [0.05, 0.1) is 35.0 Å². The van der Waals surface area contributed by atoms with Gasteiger partial charge in [-0.2, -0.15) is 18.3 Å². The lowest BCUT2D eigenvalue weighted by Crippen LogP contribution is -2.22. The zero-order valence-electron chi connectivity index (χ0n) is 16.7. The highest BCUT2D eigenvalue weighted by Crippen LogP contribution is 2.36. The summed E-state index contributed by atoms with van der Waals surface area (Å²) >= 11 is 0. The number of nitrogens with two attached hydrogens (primary N) is 2. The molecule has 0 unspecified atom stereocenters. The molecule has 4 rings (SSSR count). The number of aromatic nitrogens is 5. The Morgan fingerprint density at radius 1 is 1.19 bits per heavy atom. The zero-order valence-corrected chi connectivity index (χ0v) is 16.7. The lowest BCUT2D eigenvalue weighted by Gasteiger charge is -2.16. The summed E-state index contributed by atoms with van der Waals surface area (Å²) in [6, 6.07) is 5.09. The Bertz CT molecular complexity index is 1330. The molecule has 3 aromatic heterocycles. The number of hydrogen-bond donors (Lipinski definition) is 4. The quantitative estimate of drug-likeness (QED) is 0.371. The maximum Gasteiger partial charge on any atom is 0.405 e. The number of pyridine rings is 1. The highest BCUT2D eigenvalue weighted by atomic mass is 19.4. The Morgan fingerprint density at radius 2 is 1.97 bits per heavy atom. The van der Waals surface area contributed by atoms with Crippen molar-refractivity contribution in [2.24, 2.45) is 5.73 Å². The monoisotopic (exact) mass is 442 g/mol. The predicted octanol–water partition coefficient (Wildman–Crippen LogP) is 3.05. The number of nitrogens with one attached hydrogen (secondary N) is 2. The van der Waals surface area contributed by atoms with E-state index < -0.39 is 18.6 Å². The van der Waals surface area contributed by atoms with E-state index in [4.69, 9.17) is 11.5 Å². The molecular formula is C20H17F3N8O. The van der Waals surface area contributed by atoms with E-state index in [0.29, 0.717) is 16.5 Å². The molecule has 0 fully saturated rings. The Balaban J connectivity index is 1.95. The molecule has 0 aliphatic carbocycles. The van der Waals surface area contributed by atoms with Crippen molar-refractivity contribution < 1.29 is 18.0 Å². The minimum absolute atomic E-state index is 0.0324. The van der Waals surface area contributed by atoms with Gasteiger partial charge in [0, 0.05) is 22.7 Å². The van der Waals surface area contributed by atoms with Crippen molar-refractivity contribution in [3.05, 3.63) is 48.0 Å². The van der Waals surface area contributed by atoms with Gasteiger partial charge in [0.1, 0.15) is 6.54 Å². The average Bonchev–Trinajstić information content (AvgIpc) is 3.21. The molecule has 1 amide bonds. The SMILES string of the molecule is Cc1ccc2[nH]ncc2c1-c1nc(-c2ccncc2NCC(F)(F)F)nc(C(N)=O)c1N. The van der Waals surface area contributed by atoms with Crippen LogP contribution in [0, 0.1) is 6.92 Å². The van der Waals surface area contributed by atoms with E-state index in [0.717, 1.165) is 5.56 Å². The maximum absolute atomic E-state index is 12.7. The minimum Gasteiger partial charge on any atom is -0.395 e. The number of amides is 1. The molecule has 4 aromatic rings. The number of nitrogen functional groups attached to an aromatic ring is 1. The van der Waals surface area contributed by atoms with Gasteiger partial charge in [0.15, 0.2) is 11.5 Å². The highest BCUT2D eigenvalue weighted by Gasteiger charge is 2.28. The third-order valence-electron chi connectivity index (χ3n) is 4.79. The first-order valence-corrected chi connectivity index (χ1v) is 9.31. The van der Waals surface area contributed by atoms with Gasteiger partial charge in [-0.25, -0.2) is 9.97 Å². The van der Waals surface area contributed by atoms with E-state index in [1.54, 1.807) is 6.20 Å². The first kappa shape index (κ1) is 21.0. The van der Waals surface area contributed by atoms with Gasteiger partial charge in [-0.1, -0.05) is 6.07 Å². The number of alkyl halides is 3. The topological polar surface area (TPSA) is 148 Å². The van der Waals surface area contributed by atoms with Crippen LogP contribution in [0.2, 0.25) is 0 Å². The van der Waals surface area contributed by atoms with E-state index >= 15 is 0 Å².